The summed E-state index contributed by atoms with van der Waals surface area (Å²) < 4.78 is 4.81. The zero-order valence-electron chi connectivity index (χ0n) is 12.8. The number of hydrogen-bond donors (Lipinski definition) is 2. The number of primary amides is 1. The van der Waals surface area contributed by atoms with Crippen LogP contribution in [-0.4, -0.2) is 47.3 Å². The lowest BCUT2D eigenvalue weighted by molar-refractivity contribution is -0.154. The van der Waals surface area contributed by atoms with Crippen molar-refractivity contribution < 1.29 is 28.7 Å². The number of carbonyl (C=O) groups is 5. The predicted molar refractivity (Wildman–Crippen MR) is 79.7 cm³/mol. The minimum atomic E-state index is -1.23. The van der Waals surface area contributed by atoms with Crippen molar-refractivity contribution in [1.29, 1.82) is 0 Å². The van der Waals surface area contributed by atoms with Crippen molar-refractivity contribution in [3.63, 3.8) is 0 Å². The molecule has 0 radical (unpaired) electrons. The van der Waals surface area contributed by atoms with E-state index in [4.69, 9.17) is 10.5 Å². The van der Waals surface area contributed by atoms with Crippen molar-refractivity contribution in [3.8, 4) is 0 Å². The molecule has 0 saturated carbocycles. The summed E-state index contributed by atoms with van der Waals surface area (Å²) in [5.41, 5.74) is 5.35. The Bertz CT molecular complexity index is 695. The predicted octanol–water partition coefficient (Wildman–Crippen LogP) is -0.201. The van der Waals surface area contributed by atoms with E-state index in [1.165, 1.54) is 19.1 Å². The van der Waals surface area contributed by atoms with Gasteiger partial charge in [-0.05, 0) is 19.1 Å². The average Bonchev–Trinajstić information content (AvgIpc) is 2.76. The van der Waals surface area contributed by atoms with Gasteiger partial charge in [0.15, 0.2) is 6.10 Å². The number of benzene rings is 1. The number of hydrogen-bond acceptors (Lipinski definition) is 6. The molecule has 0 saturated heterocycles. The van der Waals surface area contributed by atoms with Crippen molar-refractivity contribution >= 4 is 29.7 Å². The lowest BCUT2D eigenvalue weighted by Crippen LogP contribution is -2.42. The van der Waals surface area contributed by atoms with Gasteiger partial charge in [0.2, 0.25) is 0 Å². The van der Waals surface area contributed by atoms with Crippen molar-refractivity contribution in [2.75, 3.05) is 6.54 Å². The number of ether oxygens (including phenoxy) is 1. The highest BCUT2D eigenvalue weighted by Crippen LogP contribution is 2.22. The molecule has 1 unspecified atom stereocenters. The second kappa shape index (κ2) is 6.90. The van der Waals surface area contributed by atoms with Crippen LogP contribution < -0.4 is 11.1 Å². The molecule has 24 heavy (non-hydrogen) atoms. The van der Waals surface area contributed by atoms with E-state index in [0.717, 1.165) is 4.90 Å². The van der Waals surface area contributed by atoms with E-state index in [1.54, 1.807) is 17.4 Å². The Morgan fingerprint density at radius 2 is 1.71 bits per heavy atom. The SMILES string of the molecule is CC(OC(=O)CCN1C(=O)c2ccccc2C1=O)C(=O)NC(N)=O. The van der Waals surface area contributed by atoms with E-state index < -0.39 is 35.8 Å². The zero-order valence-corrected chi connectivity index (χ0v) is 12.8. The Morgan fingerprint density at radius 3 is 2.21 bits per heavy atom. The molecule has 2 rings (SSSR count). The summed E-state index contributed by atoms with van der Waals surface area (Å²) in [6.07, 6.45) is -1.51. The molecule has 9 nitrogen and oxygen atoms in total. The Labute approximate surface area is 136 Å². The number of esters is 1. The number of rotatable bonds is 5. The van der Waals surface area contributed by atoms with Crippen LogP contribution in [-0.2, 0) is 14.3 Å². The van der Waals surface area contributed by atoms with Gasteiger partial charge < -0.3 is 10.5 Å². The third kappa shape index (κ3) is 3.57. The third-order valence-corrected chi connectivity index (χ3v) is 3.34. The Balaban J connectivity index is 1.89. The third-order valence-electron chi connectivity index (χ3n) is 3.34. The van der Waals surface area contributed by atoms with Crippen LogP contribution >= 0.6 is 0 Å². The number of urea groups is 1. The fourth-order valence-electron chi connectivity index (χ4n) is 2.18. The highest BCUT2D eigenvalue weighted by molar-refractivity contribution is 6.21. The normalized spacial score (nSPS) is 14.1. The van der Waals surface area contributed by atoms with Crippen molar-refractivity contribution in [1.82, 2.24) is 10.2 Å². The van der Waals surface area contributed by atoms with Gasteiger partial charge in [-0.2, -0.15) is 0 Å². The summed E-state index contributed by atoms with van der Waals surface area (Å²) in [6.45, 7) is 1.09. The first-order chi connectivity index (χ1) is 11.3. The first-order valence-corrected chi connectivity index (χ1v) is 7.06. The summed E-state index contributed by atoms with van der Waals surface area (Å²) in [4.78, 5) is 58.8. The summed E-state index contributed by atoms with van der Waals surface area (Å²) in [7, 11) is 0. The molecule has 9 heteroatoms. The number of fused-ring (bicyclic) bond motifs is 1. The standard InChI is InChI=1S/C15H15N3O6/c1-8(12(20)17-15(16)23)24-11(19)6-7-18-13(21)9-4-2-3-5-10(9)14(18)22/h2-5,8H,6-7H2,1H3,(H3,16,17,20,23). The lowest BCUT2D eigenvalue weighted by atomic mass is 10.1. The Kier molecular flexibility index (Phi) is 4.93. The van der Waals surface area contributed by atoms with Gasteiger partial charge in [0.1, 0.15) is 0 Å². The number of nitrogens with one attached hydrogen (secondary N) is 1. The summed E-state index contributed by atoms with van der Waals surface area (Å²) in [5, 5.41) is 1.78. The molecule has 5 amide bonds. The molecular weight excluding hydrogens is 318 g/mol. The average molecular weight is 333 g/mol. The summed E-state index contributed by atoms with van der Waals surface area (Å²) in [5.74, 6) is -2.62. The Morgan fingerprint density at radius 1 is 1.17 bits per heavy atom. The van der Waals surface area contributed by atoms with Crippen molar-refractivity contribution in [2.45, 2.75) is 19.4 Å². The van der Waals surface area contributed by atoms with Gasteiger partial charge >= 0.3 is 12.0 Å². The second-order valence-electron chi connectivity index (χ2n) is 5.04. The number of imide groups is 2. The number of nitrogens with zero attached hydrogens (tertiary/aromatic N) is 1. The first kappa shape index (κ1) is 17.1. The smallest absolute Gasteiger partial charge is 0.318 e. The zero-order chi connectivity index (χ0) is 17.9. The van der Waals surface area contributed by atoms with E-state index in [0.29, 0.717) is 0 Å². The first-order valence-electron chi connectivity index (χ1n) is 7.06. The minimum Gasteiger partial charge on any atom is -0.452 e. The summed E-state index contributed by atoms with van der Waals surface area (Å²) >= 11 is 0. The van der Waals surface area contributed by atoms with Crippen LogP contribution in [0, 0.1) is 0 Å². The molecule has 0 aliphatic carbocycles. The fraction of sp³-hybridized carbons (Fsp3) is 0.267. The molecule has 0 spiro atoms. The number of nitrogens with two attached hydrogens (primary N) is 1. The molecule has 1 aromatic carbocycles. The molecule has 3 N–H and O–H groups in total. The number of carbonyl (C=O) groups excluding carboxylic acids is 5. The van der Waals surface area contributed by atoms with Gasteiger partial charge in [-0.25, -0.2) is 4.79 Å². The van der Waals surface area contributed by atoms with Gasteiger partial charge in [-0.3, -0.25) is 29.4 Å². The van der Waals surface area contributed by atoms with Gasteiger partial charge in [0, 0.05) is 6.54 Å². The van der Waals surface area contributed by atoms with Gasteiger partial charge in [0.05, 0.1) is 17.5 Å². The molecule has 126 valence electrons. The largest absolute Gasteiger partial charge is 0.452 e. The highest BCUT2D eigenvalue weighted by atomic mass is 16.5. The maximum absolute atomic E-state index is 12.1. The second-order valence-corrected chi connectivity index (χ2v) is 5.04. The van der Waals surface area contributed by atoms with Crippen LogP contribution in [0.1, 0.15) is 34.1 Å². The van der Waals surface area contributed by atoms with Gasteiger partial charge in [0.25, 0.3) is 17.7 Å². The molecule has 1 atom stereocenters. The maximum Gasteiger partial charge on any atom is 0.318 e. The molecule has 0 fully saturated rings. The van der Waals surface area contributed by atoms with Crippen LogP contribution in [0.3, 0.4) is 0 Å². The van der Waals surface area contributed by atoms with E-state index in [9.17, 15) is 24.0 Å². The van der Waals surface area contributed by atoms with Crippen molar-refractivity contribution in [3.05, 3.63) is 35.4 Å². The quantitative estimate of drug-likeness (QED) is 0.565. The van der Waals surface area contributed by atoms with Crippen LogP contribution in [0.5, 0.6) is 0 Å². The molecule has 1 aliphatic heterocycles. The van der Waals surface area contributed by atoms with Crippen LogP contribution in [0.15, 0.2) is 24.3 Å². The molecule has 1 aromatic rings. The van der Waals surface area contributed by atoms with E-state index in [-0.39, 0.29) is 24.1 Å². The monoisotopic (exact) mass is 333 g/mol. The summed E-state index contributed by atoms with van der Waals surface area (Å²) in [6, 6.07) is 5.28. The topological polar surface area (TPSA) is 136 Å². The molecular formula is C15H15N3O6. The van der Waals surface area contributed by atoms with Gasteiger partial charge in [-0.15, -0.1) is 0 Å². The van der Waals surface area contributed by atoms with Crippen LogP contribution in [0.25, 0.3) is 0 Å². The Hall–Kier alpha value is -3.23. The molecule has 0 bridgehead atoms. The van der Waals surface area contributed by atoms with E-state index in [2.05, 4.69) is 0 Å². The van der Waals surface area contributed by atoms with Gasteiger partial charge in [-0.1, -0.05) is 12.1 Å². The van der Waals surface area contributed by atoms with E-state index >= 15 is 0 Å². The molecule has 0 aromatic heterocycles. The molecule has 1 heterocycles. The highest BCUT2D eigenvalue weighted by Gasteiger charge is 2.35. The minimum absolute atomic E-state index is 0.171. The van der Waals surface area contributed by atoms with E-state index in [1.807, 2.05) is 0 Å². The maximum atomic E-state index is 12.1. The lowest BCUT2D eigenvalue weighted by Gasteiger charge is -2.15. The molecule has 1 aliphatic rings. The fourth-order valence-corrected chi connectivity index (χ4v) is 2.18. The number of amides is 5. The van der Waals surface area contributed by atoms with Crippen LogP contribution in [0.4, 0.5) is 4.79 Å². The van der Waals surface area contributed by atoms with Crippen molar-refractivity contribution in [2.24, 2.45) is 5.73 Å². The van der Waals surface area contributed by atoms with Crippen LogP contribution in [0.2, 0.25) is 0 Å².